The molecule has 2 atom stereocenters. The van der Waals surface area contributed by atoms with Crippen molar-refractivity contribution in [3.8, 4) is 16.9 Å². The highest BCUT2D eigenvalue weighted by atomic mass is 16.6. The molecule has 0 radical (unpaired) electrons. The number of para-hydroxylation sites is 1. The molecule has 1 saturated carbocycles. The van der Waals surface area contributed by atoms with Crippen LogP contribution in [0.2, 0.25) is 0 Å². The topological polar surface area (TPSA) is 64.6 Å². The molecule has 0 spiro atoms. The van der Waals surface area contributed by atoms with Crippen molar-refractivity contribution >= 4 is 11.9 Å². The summed E-state index contributed by atoms with van der Waals surface area (Å²) in [5.41, 5.74) is 1.91. The van der Waals surface area contributed by atoms with E-state index in [0.717, 1.165) is 30.4 Å². The van der Waals surface area contributed by atoms with Crippen LogP contribution in [-0.2, 0) is 14.3 Å². The fourth-order valence-corrected chi connectivity index (χ4v) is 3.55. The maximum Gasteiger partial charge on any atom is 0.344 e. The van der Waals surface area contributed by atoms with Crippen molar-refractivity contribution in [2.24, 2.45) is 5.92 Å². The molecule has 3 rings (SSSR count). The molecule has 0 aliphatic heterocycles. The lowest BCUT2D eigenvalue weighted by Crippen LogP contribution is -2.43. The Bertz CT molecular complexity index is 790. The van der Waals surface area contributed by atoms with Crippen LogP contribution in [0.4, 0.5) is 0 Å². The number of nitrogens with one attached hydrogen (secondary N) is 1. The minimum atomic E-state index is -0.560. The molecule has 0 aromatic heterocycles. The first-order valence-electron chi connectivity index (χ1n) is 9.85. The number of carbonyl (C=O) groups is 2. The fourth-order valence-electron chi connectivity index (χ4n) is 3.55. The van der Waals surface area contributed by atoms with E-state index in [0.29, 0.717) is 11.7 Å². The number of benzene rings is 2. The molecule has 2 aromatic rings. The monoisotopic (exact) mass is 381 g/mol. The van der Waals surface area contributed by atoms with E-state index in [1.54, 1.807) is 0 Å². The van der Waals surface area contributed by atoms with Crippen molar-refractivity contribution in [1.82, 2.24) is 5.32 Å². The molecule has 5 heteroatoms. The van der Waals surface area contributed by atoms with Gasteiger partial charge in [-0.3, -0.25) is 4.79 Å². The van der Waals surface area contributed by atoms with E-state index < -0.39 is 5.97 Å². The average molecular weight is 381 g/mol. The van der Waals surface area contributed by atoms with Crippen LogP contribution in [0.5, 0.6) is 5.75 Å². The lowest BCUT2D eigenvalue weighted by Gasteiger charge is -2.29. The zero-order chi connectivity index (χ0) is 19.8. The number of hydrogen-bond donors (Lipinski definition) is 1. The van der Waals surface area contributed by atoms with Gasteiger partial charge < -0.3 is 14.8 Å². The zero-order valence-corrected chi connectivity index (χ0v) is 16.2. The fraction of sp³-hybridized carbons (Fsp3) is 0.391. The Kier molecular flexibility index (Phi) is 7.06. The maximum absolute atomic E-state index is 12.0. The predicted molar refractivity (Wildman–Crippen MR) is 108 cm³/mol. The first kappa shape index (κ1) is 19.9. The quantitative estimate of drug-likeness (QED) is 0.737. The summed E-state index contributed by atoms with van der Waals surface area (Å²) in [7, 11) is 0. The Morgan fingerprint density at radius 2 is 1.68 bits per heavy atom. The summed E-state index contributed by atoms with van der Waals surface area (Å²) in [4.78, 5) is 24.0. The number of hydrogen-bond acceptors (Lipinski definition) is 4. The molecule has 0 saturated heterocycles. The van der Waals surface area contributed by atoms with Gasteiger partial charge in [0, 0.05) is 11.6 Å². The number of carbonyl (C=O) groups excluding carboxylic acids is 2. The molecule has 28 heavy (non-hydrogen) atoms. The Morgan fingerprint density at radius 1 is 0.964 bits per heavy atom. The Labute approximate surface area is 166 Å². The molecule has 1 aliphatic carbocycles. The normalized spacial score (nSPS) is 18.9. The summed E-state index contributed by atoms with van der Waals surface area (Å²) in [6.07, 6.45) is 4.45. The standard InChI is InChI=1S/C23H27NO4/c1-17-9-5-7-13-20(17)24-22(25)15-28-23(26)16-27-21-14-8-6-12-19(21)18-10-3-2-4-11-18/h2-4,6,8,10-12,14,17,20H,5,7,9,13,15-16H2,1H3,(H,24,25)/t17-,20+/m0/s1. The molecule has 0 bridgehead atoms. The number of rotatable bonds is 7. The molecule has 0 heterocycles. The van der Waals surface area contributed by atoms with E-state index >= 15 is 0 Å². The number of amides is 1. The molecule has 1 aliphatic rings. The van der Waals surface area contributed by atoms with Gasteiger partial charge >= 0.3 is 5.97 Å². The summed E-state index contributed by atoms with van der Waals surface area (Å²) in [5.74, 6) is 0.254. The maximum atomic E-state index is 12.0. The van der Waals surface area contributed by atoms with Gasteiger partial charge in [-0.2, -0.15) is 0 Å². The first-order valence-corrected chi connectivity index (χ1v) is 9.85. The SMILES string of the molecule is C[C@H]1CCCC[C@H]1NC(=O)COC(=O)COc1ccccc1-c1ccccc1. The van der Waals surface area contributed by atoms with E-state index in [1.165, 1.54) is 6.42 Å². The summed E-state index contributed by atoms with van der Waals surface area (Å²) in [5, 5.41) is 2.97. The van der Waals surface area contributed by atoms with Crippen LogP contribution in [0, 0.1) is 5.92 Å². The van der Waals surface area contributed by atoms with E-state index in [1.807, 2.05) is 54.6 Å². The molecule has 5 nitrogen and oxygen atoms in total. The van der Waals surface area contributed by atoms with Crippen molar-refractivity contribution in [1.29, 1.82) is 0 Å². The number of esters is 1. The van der Waals surface area contributed by atoms with Gasteiger partial charge in [0.2, 0.25) is 0 Å². The predicted octanol–water partition coefficient (Wildman–Crippen LogP) is 3.97. The van der Waals surface area contributed by atoms with Gasteiger partial charge in [0.05, 0.1) is 0 Å². The molecule has 1 amide bonds. The third-order valence-corrected chi connectivity index (χ3v) is 5.14. The molecule has 2 aromatic carbocycles. The second kappa shape index (κ2) is 9.93. The van der Waals surface area contributed by atoms with Crippen LogP contribution < -0.4 is 10.1 Å². The van der Waals surface area contributed by atoms with Crippen LogP contribution in [0.1, 0.15) is 32.6 Å². The highest BCUT2D eigenvalue weighted by Gasteiger charge is 2.23. The van der Waals surface area contributed by atoms with Gasteiger partial charge in [0.25, 0.3) is 5.91 Å². The highest BCUT2D eigenvalue weighted by molar-refractivity contribution is 5.81. The second-order valence-corrected chi connectivity index (χ2v) is 7.25. The van der Waals surface area contributed by atoms with Crippen LogP contribution in [0.25, 0.3) is 11.1 Å². The summed E-state index contributed by atoms with van der Waals surface area (Å²) >= 11 is 0. The van der Waals surface area contributed by atoms with Crippen molar-refractivity contribution in [2.45, 2.75) is 38.6 Å². The van der Waals surface area contributed by atoms with Gasteiger partial charge in [0.15, 0.2) is 13.2 Å². The minimum absolute atomic E-state index is 0.175. The Balaban J connectivity index is 1.47. The van der Waals surface area contributed by atoms with Crippen molar-refractivity contribution in [3.63, 3.8) is 0 Å². The smallest absolute Gasteiger partial charge is 0.344 e. The third kappa shape index (κ3) is 5.59. The summed E-state index contributed by atoms with van der Waals surface area (Å²) in [6, 6.07) is 17.5. The minimum Gasteiger partial charge on any atom is -0.481 e. The second-order valence-electron chi connectivity index (χ2n) is 7.25. The lowest BCUT2D eigenvalue weighted by atomic mass is 9.86. The van der Waals surface area contributed by atoms with Crippen LogP contribution in [0.15, 0.2) is 54.6 Å². The lowest BCUT2D eigenvalue weighted by molar-refractivity contribution is -0.150. The molecule has 0 unspecified atom stereocenters. The summed E-state index contributed by atoms with van der Waals surface area (Å²) in [6.45, 7) is 1.64. The Hall–Kier alpha value is -2.82. The van der Waals surface area contributed by atoms with Crippen LogP contribution in [-0.4, -0.2) is 31.1 Å². The molecular weight excluding hydrogens is 354 g/mol. The highest BCUT2D eigenvalue weighted by Crippen LogP contribution is 2.29. The van der Waals surface area contributed by atoms with Crippen molar-refractivity contribution < 1.29 is 19.1 Å². The van der Waals surface area contributed by atoms with E-state index in [-0.39, 0.29) is 25.2 Å². The molecule has 1 fully saturated rings. The van der Waals surface area contributed by atoms with E-state index in [2.05, 4.69) is 12.2 Å². The first-order chi connectivity index (χ1) is 13.6. The van der Waals surface area contributed by atoms with Gasteiger partial charge in [0.1, 0.15) is 5.75 Å². The third-order valence-electron chi connectivity index (χ3n) is 5.14. The van der Waals surface area contributed by atoms with Gasteiger partial charge in [-0.1, -0.05) is 68.3 Å². The summed E-state index contributed by atoms with van der Waals surface area (Å²) < 4.78 is 10.7. The van der Waals surface area contributed by atoms with Crippen LogP contribution >= 0.6 is 0 Å². The van der Waals surface area contributed by atoms with E-state index in [9.17, 15) is 9.59 Å². The molecular formula is C23H27NO4. The van der Waals surface area contributed by atoms with Gasteiger partial charge in [-0.05, 0) is 30.4 Å². The zero-order valence-electron chi connectivity index (χ0n) is 16.2. The van der Waals surface area contributed by atoms with E-state index in [4.69, 9.17) is 9.47 Å². The molecule has 148 valence electrons. The Morgan fingerprint density at radius 3 is 2.46 bits per heavy atom. The average Bonchev–Trinajstić information content (AvgIpc) is 2.73. The largest absolute Gasteiger partial charge is 0.481 e. The van der Waals surface area contributed by atoms with Crippen molar-refractivity contribution in [3.05, 3.63) is 54.6 Å². The van der Waals surface area contributed by atoms with Gasteiger partial charge in [-0.25, -0.2) is 4.79 Å². The molecule has 1 N–H and O–H groups in total. The number of ether oxygens (including phenoxy) is 2. The van der Waals surface area contributed by atoms with Crippen molar-refractivity contribution in [2.75, 3.05) is 13.2 Å². The van der Waals surface area contributed by atoms with Crippen LogP contribution in [0.3, 0.4) is 0 Å². The van der Waals surface area contributed by atoms with Gasteiger partial charge in [-0.15, -0.1) is 0 Å².